The minimum atomic E-state index is 0.598. The summed E-state index contributed by atoms with van der Waals surface area (Å²) in [7, 11) is 0. The topological polar surface area (TPSA) is 51.8 Å². The predicted molar refractivity (Wildman–Crippen MR) is 217 cm³/mol. The Morgan fingerprint density at radius 3 is 1.75 bits per heavy atom. The van der Waals surface area contributed by atoms with Gasteiger partial charge in [-0.2, -0.15) is 0 Å². The first kappa shape index (κ1) is 30.6. The molecule has 0 N–H and O–H groups in total. The number of rotatable bonds is 6. The second-order valence-electron chi connectivity index (χ2n) is 13.2. The Kier molecular flexibility index (Phi) is 7.43. The summed E-state index contributed by atoms with van der Waals surface area (Å²) in [5.41, 5.74) is 14.0. The zero-order chi connectivity index (χ0) is 35.1. The Hall–Kier alpha value is -7.17. The molecule has 0 saturated carbocycles. The zero-order valence-corrected chi connectivity index (χ0v) is 28.6. The lowest BCUT2D eigenvalue weighted by molar-refractivity contribution is 0.670. The van der Waals surface area contributed by atoms with Crippen LogP contribution in [-0.2, 0) is 0 Å². The SMILES string of the molecule is c1ccc(-c2cc(-c3ccc(-c4cccc(-c5cc(-c6ccccc6)c6oc7ccccc7c6c5)c4)cc3)nc(-c3ccc4ccccc4n3)n2)cc1. The number of fused-ring (bicyclic) bond motifs is 4. The highest BCUT2D eigenvalue weighted by Crippen LogP contribution is 2.40. The van der Waals surface area contributed by atoms with Crippen LogP contribution in [0.1, 0.15) is 0 Å². The third-order valence-electron chi connectivity index (χ3n) is 9.90. The number of hydrogen-bond donors (Lipinski definition) is 0. The molecule has 10 aromatic rings. The number of pyridine rings is 1. The third kappa shape index (κ3) is 5.73. The van der Waals surface area contributed by atoms with E-state index in [1.807, 2.05) is 60.7 Å². The summed E-state index contributed by atoms with van der Waals surface area (Å²) in [4.78, 5) is 15.0. The maximum Gasteiger partial charge on any atom is 0.179 e. The molecular weight excluding hydrogens is 647 g/mol. The predicted octanol–water partition coefficient (Wildman–Crippen LogP) is 12.9. The highest BCUT2D eigenvalue weighted by atomic mass is 16.3. The molecule has 3 heterocycles. The molecule has 0 aliphatic heterocycles. The van der Waals surface area contributed by atoms with Gasteiger partial charge in [-0.15, -0.1) is 0 Å². The molecule has 0 radical (unpaired) electrons. The Labute approximate surface area is 306 Å². The molecule has 0 fully saturated rings. The first-order valence-electron chi connectivity index (χ1n) is 17.8. The van der Waals surface area contributed by atoms with E-state index in [0.717, 1.165) is 94.4 Å². The van der Waals surface area contributed by atoms with E-state index in [9.17, 15) is 0 Å². The van der Waals surface area contributed by atoms with Crippen molar-refractivity contribution < 1.29 is 4.42 Å². The summed E-state index contributed by atoms with van der Waals surface area (Å²) < 4.78 is 6.44. The Bertz CT molecular complexity index is 2930. The van der Waals surface area contributed by atoms with E-state index in [1.165, 1.54) is 0 Å². The van der Waals surface area contributed by atoms with Crippen LogP contribution in [-0.4, -0.2) is 15.0 Å². The second-order valence-corrected chi connectivity index (χ2v) is 13.2. The standard InChI is InChI=1S/C49H31N3O/c1-3-12-33(13-4-1)41-29-39(30-42-40-19-8-10-21-47(40)53-48(41)42)38-18-11-17-37(28-38)32-22-24-36(25-23-32)46-31-45(34-14-5-2-6-15-34)51-49(52-46)44-27-26-35-16-7-9-20-43(35)50-44/h1-31H. The van der Waals surface area contributed by atoms with E-state index < -0.39 is 0 Å². The van der Waals surface area contributed by atoms with E-state index in [1.54, 1.807) is 0 Å². The fraction of sp³-hybridized carbons (Fsp3) is 0. The summed E-state index contributed by atoms with van der Waals surface area (Å²) >= 11 is 0. The average Bonchev–Trinajstić information content (AvgIpc) is 3.62. The molecular formula is C49H31N3O. The van der Waals surface area contributed by atoms with Crippen molar-refractivity contribution in [1.82, 2.24) is 15.0 Å². The molecule has 0 aliphatic rings. The molecule has 0 unspecified atom stereocenters. The van der Waals surface area contributed by atoms with E-state index in [4.69, 9.17) is 19.4 Å². The first-order valence-corrected chi connectivity index (χ1v) is 17.8. The van der Waals surface area contributed by atoms with Gasteiger partial charge in [-0.1, -0.05) is 146 Å². The van der Waals surface area contributed by atoms with Crippen molar-refractivity contribution in [3.8, 4) is 67.4 Å². The molecule has 4 heteroatoms. The van der Waals surface area contributed by atoms with E-state index in [0.29, 0.717) is 5.82 Å². The highest BCUT2D eigenvalue weighted by molar-refractivity contribution is 6.11. The van der Waals surface area contributed by atoms with Crippen LogP contribution in [0.15, 0.2) is 192 Å². The van der Waals surface area contributed by atoms with Gasteiger partial charge >= 0.3 is 0 Å². The van der Waals surface area contributed by atoms with Crippen molar-refractivity contribution >= 4 is 32.8 Å². The zero-order valence-electron chi connectivity index (χ0n) is 28.6. The largest absolute Gasteiger partial charge is 0.455 e. The molecule has 0 aliphatic carbocycles. The minimum absolute atomic E-state index is 0.598. The van der Waals surface area contributed by atoms with Crippen molar-refractivity contribution in [3.63, 3.8) is 0 Å². The quantitative estimate of drug-likeness (QED) is 0.176. The average molecular weight is 678 g/mol. The molecule has 53 heavy (non-hydrogen) atoms. The molecule has 0 saturated heterocycles. The van der Waals surface area contributed by atoms with Gasteiger partial charge in [0, 0.05) is 32.8 Å². The maximum atomic E-state index is 6.44. The van der Waals surface area contributed by atoms with Crippen molar-refractivity contribution in [2.45, 2.75) is 0 Å². The van der Waals surface area contributed by atoms with Crippen LogP contribution in [0.2, 0.25) is 0 Å². The van der Waals surface area contributed by atoms with Gasteiger partial charge in [0.25, 0.3) is 0 Å². The van der Waals surface area contributed by atoms with Gasteiger partial charge in [-0.05, 0) is 70.3 Å². The third-order valence-corrected chi connectivity index (χ3v) is 9.90. The van der Waals surface area contributed by atoms with Crippen LogP contribution in [0.3, 0.4) is 0 Å². The number of para-hydroxylation sites is 2. The van der Waals surface area contributed by atoms with Crippen LogP contribution >= 0.6 is 0 Å². The molecule has 10 rings (SSSR count). The van der Waals surface area contributed by atoms with Crippen LogP contribution in [0.4, 0.5) is 0 Å². The Morgan fingerprint density at radius 2 is 0.962 bits per heavy atom. The number of benzene rings is 7. The second kappa shape index (κ2) is 12.9. The fourth-order valence-corrected chi connectivity index (χ4v) is 7.19. The van der Waals surface area contributed by atoms with E-state index in [-0.39, 0.29) is 0 Å². The Balaban J connectivity index is 1.04. The number of aromatic nitrogens is 3. The first-order chi connectivity index (χ1) is 26.2. The molecule has 4 nitrogen and oxygen atoms in total. The number of furan rings is 1. The number of nitrogens with zero attached hydrogens (tertiary/aromatic N) is 3. The van der Waals surface area contributed by atoms with Crippen LogP contribution < -0.4 is 0 Å². The summed E-state index contributed by atoms with van der Waals surface area (Å²) in [5.74, 6) is 0.598. The molecule has 0 spiro atoms. The highest BCUT2D eigenvalue weighted by Gasteiger charge is 2.16. The monoisotopic (exact) mass is 677 g/mol. The molecule has 0 atom stereocenters. The van der Waals surface area contributed by atoms with Crippen molar-refractivity contribution in [2.24, 2.45) is 0 Å². The summed E-state index contributed by atoms with van der Waals surface area (Å²) in [6.07, 6.45) is 0. The van der Waals surface area contributed by atoms with Gasteiger partial charge in [0.1, 0.15) is 16.9 Å². The summed E-state index contributed by atoms with van der Waals surface area (Å²) in [5, 5.41) is 3.32. The minimum Gasteiger partial charge on any atom is -0.455 e. The van der Waals surface area contributed by atoms with Gasteiger partial charge in [0.15, 0.2) is 5.82 Å². The van der Waals surface area contributed by atoms with Crippen molar-refractivity contribution in [3.05, 3.63) is 188 Å². The smallest absolute Gasteiger partial charge is 0.179 e. The van der Waals surface area contributed by atoms with E-state index >= 15 is 0 Å². The summed E-state index contributed by atoms with van der Waals surface area (Å²) in [6.45, 7) is 0. The lowest BCUT2D eigenvalue weighted by atomic mass is 9.93. The van der Waals surface area contributed by atoms with Crippen LogP contribution in [0, 0.1) is 0 Å². The van der Waals surface area contributed by atoms with Crippen molar-refractivity contribution in [2.75, 3.05) is 0 Å². The lowest BCUT2D eigenvalue weighted by Gasteiger charge is -2.11. The Morgan fingerprint density at radius 1 is 0.340 bits per heavy atom. The lowest BCUT2D eigenvalue weighted by Crippen LogP contribution is -1.97. The molecule has 3 aromatic heterocycles. The molecule has 0 bridgehead atoms. The summed E-state index contributed by atoms with van der Waals surface area (Å²) in [6, 6.07) is 65.2. The van der Waals surface area contributed by atoms with E-state index in [2.05, 4.69) is 127 Å². The van der Waals surface area contributed by atoms with Gasteiger partial charge < -0.3 is 4.42 Å². The van der Waals surface area contributed by atoms with Crippen LogP contribution in [0.5, 0.6) is 0 Å². The van der Waals surface area contributed by atoms with Gasteiger partial charge in [0.05, 0.1) is 16.9 Å². The maximum absolute atomic E-state index is 6.44. The normalized spacial score (nSPS) is 11.4. The number of hydrogen-bond acceptors (Lipinski definition) is 4. The molecule has 248 valence electrons. The molecule has 7 aromatic carbocycles. The molecule has 0 amide bonds. The van der Waals surface area contributed by atoms with Crippen molar-refractivity contribution in [1.29, 1.82) is 0 Å². The fourth-order valence-electron chi connectivity index (χ4n) is 7.19. The van der Waals surface area contributed by atoms with Gasteiger partial charge in [0.2, 0.25) is 0 Å². The van der Waals surface area contributed by atoms with Crippen LogP contribution in [0.25, 0.3) is 100 Å². The van der Waals surface area contributed by atoms with Gasteiger partial charge in [-0.3, -0.25) is 0 Å². The van der Waals surface area contributed by atoms with Gasteiger partial charge in [-0.25, -0.2) is 15.0 Å².